The molecule has 0 aliphatic carbocycles. The van der Waals surface area contributed by atoms with Crippen LogP contribution in [0.25, 0.3) is 0 Å². The molecule has 0 aliphatic heterocycles. The molecule has 0 saturated heterocycles. The van der Waals surface area contributed by atoms with Gasteiger partial charge in [0.05, 0.1) is 0 Å². The van der Waals surface area contributed by atoms with Gasteiger partial charge in [-0.1, -0.05) is 38.8 Å². The molecule has 1 aromatic carbocycles. The first-order valence-corrected chi connectivity index (χ1v) is 7.81. The molecule has 20 heavy (non-hydrogen) atoms. The topological polar surface area (TPSA) is 55.1 Å². The molecule has 0 bridgehead atoms. The zero-order valence-electron chi connectivity index (χ0n) is 12.8. The van der Waals surface area contributed by atoms with E-state index in [9.17, 15) is 4.79 Å². The molecule has 1 aromatic rings. The van der Waals surface area contributed by atoms with E-state index in [-0.39, 0.29) is 5.91 Å². The third-order valence-electron chi connectivity index (χ3n) is 3.47. The Morgan fingerprint density at radius 1 is 1.25 bits per heavy atom. The van der Waals surface area contributed by atoms with Gasteiger partial charge >= 0.3 is 0 Å². The van der Waals surface area contributed by atoms with Gasteiger partial charge in [0, 0.05) is 11.6 Å². The van der Waals surface area contributed by atoms with E-state index in [1.54, 1.807) is 0 Å². The molecule has 3 N–H and O–H groups in total. The second-order valence-corrected chi connectivity index (χ2v) is 5.34. The predicted molar refractivity (Wildman–Crippen MR) is 84.9 cm³/mol. The van der Waals surface area contributed by atoms with Crippen LogP contribution >= 0.6 is 0 Å². The lowest BCUT2D eigenvalue weighted by Gasteiger charge is -2.17. The zero-order valence-corrected chi connectivity index (χ0v) is 12.8. The highest BCUT2D eigenvalue weighted by Crippen LogP contribution is 2.10. The number of hydrogen-bond acceptors (Lipinski definition) is 2. The van der Waals surface area contributed by atoms with Gasteiger partial charge in [0.2, 0.25) is 0 Å². The van der Waals surface area contributed by atoms with Gasteiger partial charge in [-0.2, -0.15) is 0 Å². The van der Waals surface area contributed by atoms with Crippen LogP contribution in [-0.2, 0) is 6.42 Å². The van der Waals surface area contributed by atoms with E-state index in [1.807, 2.05) is 18.2 Å². The normalized spacial score (nSPS) is 10.8. The van der Waals surface area contributed by atoms with Crippen LogP contribution in [0.5, 0.6) is 0 Å². The number of aryl methyl sites for hydroxylation is 1. The van der Waals surface area contributed by atoms with Gasteiger partial charge in [0.1, 0.15) is 0 Å². The number of benzene rings is 1. The van der Waals surface area contributed by atoms with E-state index in [0.717, 1.165) is 44.1 Å². The monoisotopic (exact) mass is 276 g/mol. The second kappa shape index (κ2) is 9.54. The minimum Gasteiger partial charge on any atom is -0.349 e. The number of carbonyl (C=O) groups is 1. The molecule has 0 fully saturated rings. The Balaban J connectivity index is 2.65. The smallest absolute Gasteiger partial charge is 0.251 e. The van der Waals surface area contributed by atoms with Gasteiger partial charge < -0.3 is 11.1 Å². The van der Waals surface area contributed by atoms with Gasteiger partial charge in [-0.25, -0.2) is 0 Å². The Hall–Kier alpha value is -1.35. The van der Waals surface area contributed by atoms with Crippen molar-refractivity contribution in [3.63, 3.8) is 0 Å². The van der Waals surface area contributed by atoms with Crippen LogP contribution in [0.4, 0.5) is 0 Å². The largest absolute Gasteiger partial charge is 0.349 e. The Kier molecular flexibility index (Phi) is 7.97. The molecule has 112 valence electrons. The highest BCUT2D eigenvalue weighted by molar-refractivity contribution is 5.94. The van der Waals surface area contributed by atoms with E-state index in [1.165, 1.54) is 5.56 Å². The maximum absolute atomic E-state index is 12.3. The second-order valence-electron chi connectivity index (χ2n) is 5.34. The average molecular weight is 276 g/mol. The molecule has 0 radical (unpaired) electrons. The highest BCUT2D eigenvalue weighted by Gasteiger charge is 2.12. The van der Waals surface area contributed by atoms with Crippen LogP contribution in [0, 0.1) is 0 Å². The van der Waals surface area contributed by atoms with Crippen molar-refractivity contribution >= 4 is 5.91 Å². The molecule has 0 heterocycles. The summed E-state index contributed by atoms with van der Waals surface area (Å²) < 4.78 is 0. The summed E-state index contributed by atoms with van der Waals surface area (Å²) in [6.45, 7) is 5.00. The predicted octanol–water partition coefficient (Wildman–Crippen LogP) is 3.28. The molecule has 3 heteroatoms. The fourth-order valence-electron chi connectivity index (χ4n) is 2.43. The lowest BCUT2D eigenvalue weighted by Crippen LogP contribution is -2.34. The lowest BCUT2D eigenvalue weighted by molar-refractivity contribution is 0.0932. The van der Waals surface area contributed by atoms with E-state index in [0.29, 0.717) is 12.6 Å². The maximum atomic E-state index is 12.3. The van der Waals surface area contributed by atoms with Crippen molar-refractivity contribution in [3.8, 4) is 0 Å². The maximum Gasteiger partial charge on any atom is 0.251 e. The first kappa shape index (κ1) is 16.7. The van der Waals surface area contributed by atoms with Crippen molar-refractivity contribution < 1.29 is 4.79 Å². The first-order chi connectivity index (χ1) is 9.71. The number of nitrogens with one attached hydrogen (secondary N) is 1. The van der Waals surface area contributed by atoms with Crippen LogP contribution in [0.15, 0.2) is 24.3 Å². The number of hydrogen-bond donors (Lipinski definition) is 2. The Bertz CT molecular complexity index is 398. The molecule has 0 spiro atoms. The van der Waals surface area contributed by atoms with E-state index < -0.39 is 0 Å². The fraction of sp³-hybridized carbons (Fsp3) is 0.588. The van der Waals surface area contributed by atoms with Crippen LogP contribution in [0.1, 0.15) is 61.9 Å². The van der Waals surface area contributed by atoms with Gasteiger partial charge in [-0.15, -0.1) is 0 Å². The standard InChI is InChI=1S/C17H28N2O/c1-3-7-16(8-4-2)19-17(20)15-11-5-9-14(13-15)10-6-12-18/h5,9,11,13,16H,3-4,6-8,10,12,18H2,1-2H3,(H,19,20). The van der Waals surface area contributed by atoms with Crippen molar-refractivity contribution in [2.24, 2.45) is 5.73 Å². The third-order valence-corrected chi connectivity index (χ3v) is 3.47. The van der Waals surface area contributed by atoms with E-state index in [2.05, 4.69) is 25.2 Å². The Labute approximate surface area is 122 Å². The van der Waals surface area contributed by atoms with Crippen LogP contribution in [-0.4, -0.2) is 18.5 Å². The highest BCUT2D eigenvalue weighted by atomic mass is 16.1. The van der Waals surface area contributed by atoms with Gasteiger partial charge in [-0.3, -0.25) is 4.79 Å². The van der Waals surface area contributed by atoms with E-state index >= 15 is 0 Å². The summed E-state index contributed by atoms with van der Waals surface area (Å²) in [6.07, 6.45) is 6.19. The number of amides is 1. The van der Waals surface area contributed by atoms with Crippen molar-refractivity contribution in [2.45, 2.75) is 58.4 Å². The van der Waals surface area contributed by atoms with Crippen LogP contribution < -0.4 is 11.1 Å². The van der Waals surface area contributed by atoms with E-state index in [4.69, 9.17) is 5.73 Å². The number of carbonyl (C=O) groups excluding carboxylic acids is 1. The van der Waals surface area contributed by atoms with Gasteiger partial charge in [0.25, 0.3) is 5.91 Å². The molecule has 1 rings (SSSR count). The minimum atomic E-state index is 0.0477. The molecular formula is C17H28N2O. The van der Waals surface area contributed by atoms with Crippen molar-refractivity contribution in [3.05, 3.63) is 35.4 Å². The molecule has 0 unspecified atom stereocenters. The number of nitrogens with two attached hydrogens (primary N) is 1. The lowest BCUT2D eigenvalue weighted by atomic mass is 10.0. The quantitative estimate of drug-likeness (QED) is 0.727. The fourth-order valence-corrected chi connectivity index (χ4v) is 2.43. The molecular weight excluding hydrogens is 248 g/mol. The third kappa shape index (κ3) is 5.74. The molecule has 1 amide bonds. The molecule has 0 aromatic heterocycles. The molecule has 3 nitrogen and oxygen atoms in total. The van der Waals surface area contributed by atoms with Crippen molar-refractivity contribution in [2.75, 3.05) is 6.54 Å². The number of rotatable bonds is 9. The Morgan fingerprint density at radius 3 is 2.55 bits per heavy atom. The van der Waals surface area contributed by atoms with Crippen LogP contribution in [0.2, 0.25) is 0 Å². The van der Waals surface area contributed by atoms with Crippen molar-refractivity contribution in [1.82, 2.24) is 5.32 Å². The zero-order chi connectivity index (χ0) is 14.8. The van der Waals surface area contributed by atoms with Crippen LogP contribution in [0.3, 0.4) is 0 Å². The summed E-state index contributed by atoms with van der Waals surface area (Å²) in [5.74, 6) is 0.0477. The summed E-state index contributed by atoms with van der Waals surface area (Å²) in [6, 6.07) is 8.18. The van der Waals surface area contributed by atoms with Gasteiger partial charge in [-0.05, 0) is 49.9 Å². The SMILES string of the molecule is CCCC(CCC)NC(=O)c1cccc(CCCN)c1. The Morgan fingerprint density at radius 2 is 1.95 bits per heavy atom. The average Bonchev–Trinajstić information content (AvgIpc) is 2.46. The molecule has 0 atom stereocenters. The first-order valence-electron chi connectivity index (χ1n) is 7.81. The summed E-state index contributed by atoms with van der Waals surface area (Å²) in [5, 5.41) is 3.15. The molecule has 0 saturated carbocycles. The molecule has 0 aliphatic rings. The minimum absolute atomic E-state index is 0.0477. The summed E-state index contributed by atoms with van der Waals surface area (Å²) in [7, 11) is 0. The van der Waals surface area contributed by atoms with Gasteiger partial charge in [0.15, 0.2) is 0 Å². The summed E-state index contributed by atoms with van der Waals surface area (Å²) in [4.78, 5) is 12.3. The summed E-state index contributed by atoms with van der Waals surface area (Å²) in [5.41, 5.74) is 7.47. The summed E-state index contributed by atoms with van der Waals surface area (Å²) >= 11 is 0. The van der Waals surface area contributed by atoms with Crippen molar-refractivity contribution in [1.29, 1.82) is 0 Å².